The van der Waals surface area contributed by atoms with Gasteiger partial charge >= 0.3 is 6.36 Å². The van der Waals surface area contributed by atoms with E-state index in [0.29, 0.717) is 15.9 Å². The second kappa shape index (κ2) is 5.95. The molecule has 0 unspecified atom stereocenters. The molecule has 1 aromatic rings. The molecular formula is C10H9ClF3IO. The summed E-state index contributed by atoms with van der Waals surface area (Å²) in [5.74, 6) is 0.335. The topological polar surface area (TPSA) is 9.23 Å². The molecule has 6 heteroatoms. The van der Waals surface area contributed by atoms with Gasteiger partial charge in [-0.25, -0.2) is 0 Å². The van der Waals surface area contributed by atoms with Crippen molar-refractivity contribution < 1.29 is 17.9 Å². The number of hydrogen-bond acceptors (Lipinski definition) is 1. The predicted octanol–water partition coefficient (Wildman–Crippen LogP) is 4.36. The van der Waals surface area contributed by atoms with Crippen LogP contribution < -0.4 is 4.74 Å². The van der Waals surface area contributed by atoms with E-state index in [2.05, 4.69) is 4.74 Å². The zero-order valence-corrected chi connectivity index (χ0v) is 11.1. The zero-order valence-electron chi connectivity index (χ0n) is 8.15. The first-order chi connectivity index (χ1) is 7.42. The largest absolute Gasteiger partial charge is 0.573 e. The Kier molecular flexibility index (Phi) is 5.17. The van der Waals surface area contributed by atoms with Gasteiger partial charge in [0.2, 0.25) is 0 Å². The lowest BCUT2D eigenvalue weighted by atomic mass is 10.1. The molecule has 90 valence electrons. The van der Waals surface area contributed by atoms with Crippen LogP contribution in [0.15, 0.2) is 18.2 Å². The molecule has 0 aliphatic rings. The van der Waals surface area contributed by atoms with Gasteiger partial charge < -0.3 is 4.74 Å². The highest BCUT2D eigenvalue weighted by Crippen LogP contribution is 2.28. The van der Waals surface area contributed by atoms with Crippen molar-refractivity contribution in [3.05, 3.63) is 27.3 Å². The molecule has 0 N–H and O–H groups in total. The van der Waals surface area contributed by atoms with Crippen LogP contribution in [0.4, 0.5) is 13.2 Å². The fourth-order valence-electron chi connectivity index (χ4n) is 1.18. The van der Waals surface area contributed by atoms with Crippen molar-refractivity contribution >= 4 is 34.2 Å². The molecule has 1 aromatic carbocycles. The Morgan fingerprint density at radius 1 is 1.31 bits per heavy atom. The number of rotatable bonds is 4. The third-order valence-electron chi connectivity index (χ3n) is 1.82. The van der Waals surface area contributed by atoms with E-state index in [0.717, 1.165) is 12.0 Å². The number of alkyl halides is 4. The maximum absolute atomic E-state index is 12.1. The SMILES string of the molecule is FC(F)(F)Oc1cc(CCCCl)ccc1I. The van der Waals surface area contributed by atoms with Gasteiger partial charge in [-0.05, 0) is 53.1 Å². The first kappa shape index (κ1) is 13.9. The van der Waals surface area contributed by atoms with Crippen molar-refractivity contribution in [3.8, 4) is 5.75 Å². The average Bonchev–Trinajstić information content (AvgIpc) is 2.17. The van der Waals surface area contributed by atoms with E-state index < -0.39 is 6.36 Å². The molecule has 0 heterocycles. The highest BCUT2D eigenvalue weighted by molar-refractivity contribution is 14.1. The van der Waals surface area contributed by atoms with E-state index in [9.17, 15) is 13.2 Å². The summed E-state index contributed by atoms with van der Waals surface area (Å²) in [6, 6.07) is 4.78. The van der Waals surface area contributed by atoms with Crippen LogP contribution in [-0.2, 0) is 6.42 Å². The van der Waals surface area contributed by atoms with Gasteiger partial charge in [-0.1, -0.05) is 6.07 Å². The van der Waals surface area contributed by atoms with E-state index in [-0.39, 0.29) is 5.75 Å². The highest BCUT2D eigenvalue weighted by atomic mass is 127. The van der Waals surface area contributed by atoms with E-state index in [1.54, 1.807) is 34.7 Å². The van der Waals surface area contributed by atoms with Gasteiger partial charge in [-0.15, -0.1) is 24.8 Å². The quantitative estimate of drug-likeness (QED) is 0.570. The minimum absolute atomic E-state index is 0.153. The Morgan fingerprint density at radius 3 is 2.56 bits per heavy atom. The van der Waals surface area contributed by atoms with Gasteiger partial charge in [0.1, 0.15) is 5.75 Å². The molecule has 0 atom stereocenters. The van der Waals surface area contributed by atoms with Crippen LogP contribution in [0.1, 0.15) is 12.0 Å². The molecule has 0 bridgehead atoms. The maximum atomic E-state index is 12.1. The summed E-state index contributed by atoms with van der Waals surface area (Å²) in [6.45, 7) is 0. The summed E-state index contributed by atoms with van der Waals surface area (Å²) in [7, 11) is 0. The Bertz CT molecular complexity index is 354. The monoisotopic (exact) mass is 364 g/mol. The lowest BCUT2D eigenvalue weighted by molar-refractivity contribution is -0.274. The molecule has 0 saturated carbocycles. The number of benzene rings is 1. The first-order valence-corrected chi connectivity index (χ1v) is 6.14. The second-order valence-electron chi connectivity index (χ2n) is 3.11. The van der Waals surface area contributed by atoms with Crippen molar-refractivity contribution in [3.63, 3.8) is 0 Å². The Morgan fingerprint density at radius 2 is 2.00 bits per heavy atom. The molecule has 0 aliphatic carbocycles. The molecule has 0 aliphatic heterocycles. The van der Waals surface area contributed by atoms with E-state index in [1.165, 1.54) is 6.07 Å². The summed E-state index contributed by atoms with van der Waals surface area (Å²) in [5, 5.41) is 0. The van der Waals surface area contributed by atoms with Crippen molar-refractivity contribution in [2.75, 3.05) is 5.88 Å². The van der Waals surface area contributed by atoms with Crippen LogP contribution in [0, 0.1) is 3.57 Å². The van der Waals surface area contributed by atoms with Crippen LogP contribution in [-0.4, -0.2) is 12.2 Å². The molecule has 0 saturated heterocycles. The molecule has 0 radical (unpaired) electrons. The third-order valence-corrected chi connectivity index (χ3v) is 2.98. The van der Waals surface area contributed by atoms with Crippen molar-refractivity contribution in [2.45, 2.75) is 19.2 Å². The van der Waals surface area contributed by atoms with E-state index in [4.69, 9.17) is 11.6 Å². The maximum Gasteiger partial charge on any atom is 0.573 e. The summed E-state index contributed by atoms with van der Waals surface area (Å²) < 4.78 is 40.5. The molecule has 0 fully saturated rings. The van der Waals surface area contributed by atoms with E-state index >= 15 is 0 Å². The Balaban J connectivity index is 2.82. The van der Waals surface area contributed by atoms with Crippen LogP contribution in [0.2, 0.25) is 0 Å². The van der Waals surface area contributed by atoms with Crippen LogP contribution in [0.5, 0.6) is 5.75 Å². The van der Waals surface area contributed by atoms with Crippen LogP contribution in [0.3, 0.4) is 0 Å². The molecule has 0 aromatic heterocycles. The number of halogens is 5. The van der Waals surface area contributed by atoms with E-state index in [1.807, 2.05) is 0 Å². The van der Waals surface area contributed by atoms with Gasteiger partial charge in [0.25, 0.3) is 0 Å². The standard InChI is InChI=1S/C10H9ClF3IO/c11-5-1-2-7-3-4-8(15)9(6-7)16-10(12,13)14/h3-4,6H,1-2,5H2. The number of ether oxygens (including phenoxy) is 1. The zero-order chi connectivity index (χ0) is 12.2. The third kappa shape index (κ3) is 4.78. The second-order valence-corrected chi connectivity index (χ2v) is 4.65. The Hall–Kier alpha value is -0.170. The summed E-state index contributed by atoms with van der Waals surface area (Å²) in [6.07, 6.45) is -3.27. The smallest absolute Gasteiger partial charge is 0.405 e. The predicted molar refractivity (Wildman–Crippen MR) is 64.9 cm³/mol. The highest BCUT2D eigenvalue weighted by Gasteiger charge is 2.31. The van der Waals surface area contributed by atoms with Gasteiger partial charge in [0.05, 0.1) is 3.57 Å². The summed E-state index contributed by atoms with van der Waals surface area (Å²) in [4.78, 5) is 0. The summed E-state index contributed by atoms with van der Waals surface area (Å²) >= 11 is 7.32. The van der Waals surface area contributed by atoms with Crippen molar-refractivity contribution in [1.82, 2.24) is 0 Å². The molecule has 1 rings (SSSR count). The molecule has 1 nitrogen and oxygen atoms in total. The first-order valence-electron chi connectivity index (χ1n) is 4.52. The summed E-state index contributed by atoms with van der Waals surface area (Å²) in [5.41, 5.74) is 0.792. The lowest BCUT2D eigenvalue weighted by Gasteiger charge is -2.11. The fraction of sp³-hybridized carbons (Fsp3) is 0.400. The van der Waals surface area contributed by atoms with Crippen molar-refractivity contribution in [1.29, 1.82) is 0 Å². The van der Waals surface area contributed by atoms with Gasteiger partial charge in [-0.2, -0.15) is 0 Å². The minimum Gasteiger partial charge on any atom is -0.405 e. The van der Waals surface area contributed by atoms with Gasteiger partial charge in [-0.3, -0.25) is 0 Å². The van der Waals surface area contributed by atoms with Crippen molar-refractivity contribution in [2.24, 2.45) is 0 Å². The van der Waals surface area contributed by atoms with Crippen LogP contribution in [0.25, 0.3) is 0 Å². The van der Waals surface area contributed by atoms with Crippen LogP contribution >= 0.6 is 34.2 Å². The number of hydrogen-bond donors (Lipinski definition) is 0. The number of aryl methyl sites for hydroxylation is 1. The molecule has 0 spiro atoms. The molecule has 0 amide bonds. The molecule has 16 heavy (non-hydrogen) atoms. The average molecular weight is 365 g/mol. The molecular weight excluding hydrogens is 355 g/mol. The lowest BCUT2D eigenvalue weighted by Crippen LogP contribution is -2.18. The van der Waals surface area contributed by atoms with Gasteiger partial charge in [0, 0.05) is 5.88 Å². The Labute approximate surface area is 110 Å². The normalized spacial score (nSPS) is 11.6. The minimum atomic E-state index is -4.65. The van der Waals surface area contributed by atoms with Gasteiger partial charge in [0.15, 0.2) is 0 Å². The fourth-order valence-corrected chi connectivity index (χ4v) is 1.76.